The first-order valence-corrected chi connectivity index (χ1v) is 5.08. The molecular formula is C11H10ClN3O. The average molecular weight is 236 g/mol. The third kappa shape index (κ3) is 2.48. The second-order valence-corrected chi connectivity index (χ2v) is 3.50. The summed E-state index contributed by atoms with van der Waals surface area (Å²) in [7, 11) is 0. The van der Waals surface area contributed by atoms with Crippen molar-refractivity contribution < 1.29 is 4.74 Å². The fourth-order valence-electron chi connectivity index (χ4n) is 1.26. The van der Waals surface area contributed by atoms with Gasteiger partial charge in [-0.25, -0.2) is 9.97 Å². The Bertz CT molecular complexity index is 473. The zero-order valence-corrected chi connectivity index (χ0v) is 9.19. The van der Waals surface area contributed by atoms with Crippen LogP contribution >= 0.6 is 11.6 Å². The molecule has 0 aliphatic carbocycles. The highest BCUT2D eigenvalue weighted by molar-refractivity contribution is 6.30. The number of hydrogen-bond acceptors (Lipinski definition) is 4. The summed E-state index contributed by atoms with van der Waals surface area (Å²) in [5, 5.41) is 0.656. The molecule has 0 radical (unpaired) electrons. The molecule has 0 aliphatic heterocycles. The lowest BCUT2D eigenvalue weighted by atomic mass is 10.2. The Balaban J connectivity index is 2.27. The molecule has 1 heterocycles. The van der Waals surface area contributed by atoms with E-state index in [0.29, 0.717) is 16.6 Å². The number of benzene rings is 1. The topological polar surface area (TPSA) is 61.0 Å². The molecule has 4 nitrogen and oxygen atoms in total. The first kappa shape index (κ1) is 10.9. The summed E-state index contributed by atoms with van der Waals surface area (Å²) in [6, 6.07) is 7.35. The van der Waals surface area contributed by atoms with Crippen molar-refractivity contribution in [3.8, 4) is 17.1 Å². The monoisotopic (exact) mass is 235 g/mol. The van der Waals surface area contributed by atoms with E-state index < -0.39 is 0 Å². The number of nitrogens with two attached hydrogens (primary N) is 1. The number of aromatic nitrogens is 2. The van der Waals surface area contributed by atoms with Crippen LogP contribution < -0.4 is 10.5 Å². The van der Waals surface area contributed by atoms with Crippen LogP contribution in [0.1, 0.15) is 0 Å². The summed E-state index contributed by atoms with van der Waals surface area (Å²) in [6.45, 7) is 0.111. The maximum Gasteiger partial charge on any atom is 0.159 e. The predicted molar refractivity (Wildman–Crippen MR) is 62.2 cm³/mol. The highest BCUT2D eigenvalue weighted by Gasteiger charge is 2.02. The molecule has 16 heavy (non-hydrogen) atoms. The van der Waals surface area contributed by atoms with E-state index in [1.54, 1.807) is 24.5 Å². The molecule has 1 aromatic heterocycles. The standard InChI is InChI=1S/C11H10ClN3O/c12-9-3-1-2-8(4-9)11-14-5-10(6-15-11)16-7-13/h1-6H,7,13H2. The minimum atomic E-state index is 0.111. The van der Waals surface area contributed by atoms with E-state index in [1.165, 1.54) is 0 Å². The number of halogens is 1. The molecule has 5 heteroatoms. The van der Waals surface area contributed by atoms with E-state index in [0.717, 1.165) is 5.56 Å². The lowest BCUT2D eigenvalue weighted by Gasteiger charge is -2.03. The molecule has 0 amide bonds. The molecule has 2 rings (SSSR count). The van der Waals surface area contributed by atoms with Gasteiger partial charge in [0.2, 0.25) is 0 Å². The smallest absolute Gasteiger partial charge is 0.159 e. The van der Waals surface area contributed by atoms with Gasteiger partial charge >= 0.3 is 0 Å². The Hall–Kier alpha value is -1.65. The van der Waals surface area contributed by atoms with Gasteiger partial charge in [0.25, 0.3) is 0 Å². The summed E-state index contributed by atoms with van der Waals surface area (Å²) in [5.41, 5.74) is 6.10. The summed E-state index contributed by atoms with van der Waals surface area (Å²) in [4.78, 5) is 8.32. The van der Waals surface area contributed by atoms with Crippen LogP contribution in [0, 0.1) is 0 Å². The second kappa shape index (κ2) is 4.92. The highest BCUT2D eigenvalue weighted by atomic mass is 35.5. The lowest BCUT2D eigenvalue weighted by Crippen LogP contribution is -2.07. The van der Waals surface area contributed by atoms with Crippen molar-refractivity contribution in [2.75, 3.05) is 6.73 Å². The zero-order chi connectivity index (χ0) is 11.4. The van der Waals surface area contributed by atoms with Crippen LogP contribution in [-0.4, -0.2) is 16.7 Å². The van der Waals surface area contributed by atoms with Gasteiger partial charge in [-0.2, -0.15) is 0 Å². The van der Waals surface area contributed by atoms with Crippen molar-refractivity contribution in [2.24, 2.45) is 5.73 Å². The lowest BCUT2D eigenvalue weighted by molar-refractivity contribution is 0.327. The van der Waals surface area contributed by atoms with Crippen molar-refractivity contribution >= 4 is 11.6 Å². The summed E-state index contributed by atoms with van der Waals surface area (Å²) >= 11 is 5.88. The third-order valence-corrected chi connectivity index (χ3v) is 2.20. The van der Waals surface area contributed by atoms with Crippen LogP contribution in [0.4, 0.5) is 0 Å². The second-order valence-electron chi connectivity index (χ2n) is 3.06. The molecule has 0 atom stereocenters. The van der Waals surface area contributed by atoms with E-state index in [1.807, 2.05) is 12.1 Å². The van der Waals surface area contributed by atoms with Gasteiger partial charge in [-0.1, -0.05) is 23.7 Å². The molecule has 2 aromatic rings. The molecule has 0 bridgehead atoms. The van der Waals surface area contributed by atoms with Crippen LogP contribution in [0.2, 0.25) is 5.02 Å². The minimum absolute atomic E-state index is 0.111. The summed E-state index contributed by atoms with van der Waals surface area (Å²) < 4.78 is 5.05. The van der Waals surface area contributed by atoms with Gasteiger partial charge in [-0.05, 0) is 12.1 Å². The molecule has 0 spiro atoms. The molecule has 2 N–H and O–H groups in total. The van der Waals surface area contributed by atoms with Gasteiger partial charge in [0.15, 0.2) is 11.6 Å². The van der Waals surface area contributed by atoms with Crippen molar-refractivity contribution in [2.45, 2.75) is 0 Å². The Morgan fingerprint density at radius 2 is 2.00 bits per heavy atom. The van der Waals surface area contributed by atoms with Gasteiger partial charge in [0, 0.05) is 10.6 Å². The molecule has 0 unspecified atom stereocenters. The molecule has 0 fully saturated rings. The Morgan fingerprint density at radius 1 is 1.25 bits per heavy atom. The first-order chi connectivity index (χ1) is 7.79. The van der Waals surface area contributed by atoms with Crippen molar-refractivity contribution in [1.29, 1.82) is 0 Å². The maximum absolute atomic E-state index is 5.88. The quantitative estimate of drug-likeness (QED) is 0.828. The Kier molecular flexibility index (Phi) is 3.34. The summed E-state index contributed by atoms with van der Waals surface area (Å²) in [5.74, 6) is 1.15. The fourth-order valence-corrected chi connectivity index (χ4v) is 1.45. The number of nitrogens with zero attached hydrogens (tertiary/aromatic N) is 2. The van der Waals surface area contributed by atoms with Gasteiger partial charge in [0.05, 0.1) is 12.4 Å². The maximum atomic E-state index is 5.88. The van der Waals surface area contributed by atoms with Crippen molar-refractivity contribution in [3.05, 3.63) is 41.7 Å². The largest absolute Gasteiger partial charge is 0.475 e. The van der Waals surface area contributed by atoms with E-state index in [9.17, 15) is 0 Å². The number of rotatable bonds is 3. The average Bonchev–Trinajstić information content (AvgIpc) is 2.30. The fraction of sp³-hybridized carbons (Fsp3) is 0.0909. The van der Waals surface area contributed by atoms with Gasteiger partial charge in [-0.15, -0.1) is 0 Å². The normalized spacial score (nSPS) is 10.1. The van der Waals surface area contributed by atoms with Gasteiger partial charge < -0.3 is 4.74 Å². The number of hydrogen-bond donors (Lipinski definition) is 1. The molecular weight excluding hydrogens is 226 g/mol. The van der Waals surface area contributed by atoms with Crippen LogP contribution in [0.15, 0.2) is 36.7 Å². The molecule has 0 saturated heterocycles. The Labute approximate surface area is 98.0 Å². The molecule has 0 aliphatic rings. The summed E-state index contributed by atoms with van der Waals surface area (Å²) in [6.07, 6.45) is 3.16. The van der Waals surface area contributed by atoms with Crippen LogP contribution in [0.25, 0.3) is 11.4 Å². The van der Waals surface area contributed by atoms with Gasteiger partial charge in [0.1, 0.15) is 6.73 Å². The van der Waals surface area contributed by atoms with E-state index in [4.69, 9.17) is 22.1 Å². The first-order valence-electron chi connectivity index (χ1n) is 4.70. The van der Waals surface area contributed by atoms with Crippen LogP contribution in [-0.2, 0) is 0 Å². The number of ether oxygens (including phenoxy) is 1. The van der Waals surface area contributed by atoms with Crippen molar-refractivity contribution in [1.82, 2.24) is 9.97 Å². The molecule has 82 valence electrons. The highest BCUT2D eigenvalue weighted by Crippen LogP contribution is 2.19. The molecule has 1 aromatic carbocycles. The van der Waals surface area contributed by atoms with Crippen LogP contribution in [0.3, 0.4) is 0 Å². The molecule has 0 saturated carbocycles. The predicted octanol–water partition coefficient (Wildman–Crippen LogP) is 2.09. The SMILES string of the molecule is NCOc1cnc(-c2cccc(Cl)c2)nc1. The van der Waals surface area contributed by atoms with E-state index in [-0.39, 0.29) is 6.73 Å². The zero-order valence-electron chi connectivity index (χ0n) is 8.43. The van der Waals surface area contributed by atoms with Crippen LogP contribution in [0.5, 0.6) is 5.75 Å². The van der Waals surface area contributed by atoms with E-state index in [2.05, 4.69) is 9.97 Å². The van der Waals surface area contributed by atoms with E-state index >= 15 is 0 Å². The Morgan fingerprint density at radius 3 is 2.62 bits per heavy atom. The van der Waals surface area contributed by atoms with Crippen molar-refractivity contribution in [3.63, 3.8) is 0 Å². The third-order valence-electron chi connectivity index (χ3n) is 1.96. The van der Waals surface area contributed by atoms with Gasteiger partial charge in [-0.3, -0.25) is 5.73 Å². The minimum Gasteiger partial charge on any atom is -0.475 e.